The summed E-state index contributed by atoms with van der Waals surface area (Å²) in [5.74, 6) is 2.48. The first-order chi connectivity index (χ1) is 8.36. The van der Waals surface area contributed by atoms with Crippen LogP contribution in [-0.4, -0.2) is 19.7 Å². The normalized spacial score (nSPS) is 11.6. The molecule has 2 heterocycles. The van der Waals surface area contributed by atoms with Gasteiger partial charge in [0.25, 0.3) is 0 Å². The second-order valence-electron chi connectivity index (χ2n) is 5.37. The smallest absolute Gasteiger partial charge is 0.135 e. The number of rotatable bonds is 2. The minimum absolute atomic E-state index is 0.0708. The lowest BCUT2D eigenvalue weighted by atomic mass is 10.1. The molecule has 0 saturated carbocycles. The van der Waals surface area contributed by atoms with Gasteiger partial charge in [0.1, 0.15) is 17.5 Å². The van der Waals surface area contributed by atoms with Crippen LogP contribution in [0.5, 0.6) is 0 Å². The number of nitrogens with one attached hydrogen (secondary N) is 1. The van der Waals surface area contributed by atoms with Gasteiger partial charge in [-0.05, 0) is 40.7 Å². The molecule has 2 aromatic heterocycles. The van der Waals surface area contributed by atoms with Crippen molar-refractivity contribution >= 4 is 11.6 Å². The lowest BCUT2D eigenvalue weighted by Gasteiger charge is -2.22. The van der Waals surface area contributed by atoms with Gasteiger partial charge in [-0.15, -0.1) is 0 Å². The van der Waals surface area contributed by atoms with Crippen molar-refractivity contribution in [2.45, 2.75) is 40.2 Å². The van der Waals surface area contributed by atoms with Crippen LogP contribution < -0.4 is 5.32 Å². The molecule has 2 aromatic rings. The lowest BCUT2D eigenvalue weighted by molar-refractivity contribution is 0.359. The fourth-order valence-electron chi connectivity index (χ4n) is 1.76. The van der Waals surface area contributed by atoms with Gasteiger partial charge in [-0.1, -0.05) is 0 Å². The van der Waals surface area contributed by atoms with Gasteiger partial charge < -0.3 is 5.32 Å². The minimum Gasteiger partial charge on any atom is -0.325 e. The van der Waals surface area contributed by atoms with E-state index in [4.69, 9.17) is 0 Å². The number of aromatic nitrogens is 4. The van der Waals surface area contributed by atoms with Gasteiger partial charge in [0, 0.05) is 12.3 Å². The quantitative estimate of drug-likeness (QED) is 0.884. The zero-order valence-electron chi connectivity index (χ0n) is 11.5. The van der Waals surface area contributed by atoms with E-state index in [0.717, 1.165) is 23.2 Å². The van der Waals surface area contributed by atoms with Crippen molar-refractivity contribution in [1.29, 1.82) is 0 Å². The van der Waals surface area contributed by atoms with Crippen molar-refractivity contribution in [1.82, 2.24) is 19.7 Å². The Morgan fingerprint density at radius 3 is 2.56 bits per heavy atom. The monoisotopic (exact) mass is 245 g/mol. The topological polar surface area (TPSA) is 55.6 Å². The van der Waals surface area contributed by atoms with E-state index in [1.165, 1.54) is 0 Å². The average molecular weight is 245 g/mol. The third-order valence-electron chi connectivity index (χ3n) is 2.50. The Morgan fingerprint density at radius 1 is 1.22 bits per heavy atom. The van der Waals surface area contributed by atoms with Crippen LogP contribution >= 0.6 is 0 Å². The van der Waals surface area contributed by atoms with E-state index < -0.39 is 0 Å². The summed E-state index contributed by atoms with van der Waals surface area (Å²) in [7, 11) is 0. The highest BCUT2D eigenvalue weighted by atomic mass is 15.4. The van der Waals surface area contributed by atoms with E-state index in [-0.39, 0.29) is 5.54 Å². The van der Waals surface area contributed by atoms with Crippen LogP contribution in [0.3, 0.4) is 0 Å². The molecule has 0 aromatic carbocycles. The first kappa shape index (κ1) is 12.5. The highest BCUT2D eigenvalue weighted by Gasteiger charge is 2.18. The van der Waals surface area contributed by atoms with Gasteiger partial charge in [0.15, 0.2) is 0 Å². The van der Waals surface area contributed by atoms with E-state index in [1.54, 1.807) is 6.20 Å². The molecule has 0 atom stereocenters. The van der Waals surface area contributed by atoms with Crippen LogP contribution in [0.2, 0.25) is 0 Å². The lowest BCUT2D eigenvalue weighted by Crippen LogP contribution is -2.24. The average Bonchev–Trinajstić information content (AvgIpc) is 2.59. The molecule has 5 nitrogen and oxygen atoms in total. The van der Waals surface area contributed by atoms with E-state index >= 15 is 0 Å². The Morgan fingerprint density at radius 2 is 1.94 bits per heavy atom. The third-order valence-corrected chi connectivity index (χ3v) is 2.50. The standard InChI is InChI=1S/C13H19N5/c1-9-8-12(18(17-9)13(3,4)5)16-11-6-7-14-10(2)15-11/h6-8H,1-5H3,(H,14,15,16). The molecular formula is C13H19N5. The molecule has 0 amide bonds. The SMILES string of the molecule is Cc1cc(Nc2ccnc(C)n2)n(C(C)(C)C)n1. The van der Waals surface area contributed by atoms with Gasteiger partial charge in [0.2, 0.25) is 0 Å². The van der Waals surface area contributed by atoms with Crippen molar-refractivity contribution in [2.75, 3.05) is 5.32 Å². The van der Waals surface area contributed by atoms with Crippen LogP contribution in [0.4, 0.5) is 11.6 Å². The first-order valence-electron chi connectivity index (χ1n) is 6.00. The Labute approximate surface area is 107 Å². The van der Waals surface area contributed by atoms with Crippen molar-refractivity contribution in [3.8, 4) is 0 Å². The fraction of sp³-hybridized carbons (Fsp3) is 0.462. The zero-order chi connectivity index (χ0) is 13.3. The molecule has 0 radical (unpaired) electrons. The molecule has 0 aliphatic heterocycles. The summed E-state index contributed by atoms with van der Waals surface area (Å²) in [5.41, 5.74) is 0.914. The minimum atomic E-state index is -0.0708. The highest BCUT2D eigenvalue weighted by Crippen LogP contribution is 2.23. The van der Waals surface area contributed by atoms with Gasteiger partial charge in [0.05, 0.1) is 11.2 Å². The van der Waals surface area contributed by atoms with E-state index in [2.05, 4.69) is 41.2 Å². The molecule has 1 N–H and O–H groups in total. The summed E-state index contributed by atoms with van der Waals surface area (Å²) in [6.45, 7) is 10.2. The number of hydrogen-bond donors (Lipinski definition) is 1. The molecule has 0 aliphatic carbocycles. The largest absolute Gasteiger partial charge is 0.325 e. The Bertz CT molecular complexity index is 551. The summed E-state index contributed by atoms with van der Waals surface area (Å²) in [4.78, 5) is 8.42. The van der Waals surface area contributed by atoms with Crippen molar-refractivity contribution < 1.29 is 0 Å². The third kappa shape index (κ3) is 2.67. The Balaban J connectivity index is 2.35. The number of anilines is 2. The molecule has 0 unspecified atom stereocenters. The molecular weight excluding hydrogens is 226 g/mol. The molecule has 18 heavy (non-hydrogen) atoms. The van der Waals surface area contributed by atoms with Gasteiger partial charge >= 0.3 is 0 Å². The molecule has 0 fully saturated rings. The molecule has 0 bridgehead atoms. The summed E-state index contributed by atoms with van der Waals surface area (Å²) in [5, 5.41) is 7.80. The summed E-state index contributed by atoms with van der Waals surface area (Å²) < 4.78 is 1.97. The van der Waals surface area contributed by atoms with E-state index in [9.17, 15) is 0 Å². The van der Waals surface area contributed by atoms with Crippen LogP contribution in [0.15, 0.2) is 18.3 Å². The highest BCUT2D eigenvalue weighted by molar-refractivity contribution is 5.52. The second-order valence-corrected chi connectivity index (χ2v) is 5.37. The second kappa shape index (κ2) is 4.40. The number of hydrogen-bond acceptors (Lipinski definition) is 4. The van der Waals surface area contributed by atoms with Crippen LogP contribution in [0.1, 0.15) is 32.3 Å². The summed E-state index contributed by atoms with van der Waals surface area (Å²) in [6, 6.07) is 3.87. The molecule has 5 heteroatoms. The summed E-state index contributed by atoms with van der Waals surface area (Å²) in [6.07, 6.45) is 1.75. The van der Waals surface area contributed by atoms with Crippen LogP contribution in [0.25, 0.3) is 0 Å². The number of aryl methyl sites for hydroxylation is 2. The maximum absolute atomic E-state index is 4.51. The number of nitrogens with zero attached hydrogens (tertiary/aromatic N) is 4. The van der Waals surface area contributed by atoms with Gasteiger partial charge in [-0.25, -0.2) is 14.6 Å². The van der Waals surface area contributed by atoms with Gasteiger partial charge in [-0.3, -0.25) is 0 Å². The Kier molecular flexibility index (Phi) is 3.07. The molecule has 0 aliphatic rings. The molecule has 0 spiro atoms. The molecule has 96 valence electrons. The van der Waals surface area contributed by atoms with Crippen molar-refractivity contribution in [3.63, 3.8) is 0 Å². The van der Waals surface area contributed by atoms with Crippen molar-refractivity contribution in [3.05, 3.63) is 29.8 Å². The van der Waals surface area contributed by atoms with E-state index in [1.807, 2.05) is 30.7 Å². The maximum atomic E-state index is 4.51. The van der Waals surface area contributed by atoms with Crippen LogP contribution in [0, 0.1) is 13.8 Å². The van der Waals surface area contributed by atoms with Crippen LogP contribution in [-0.2, 0) is 5.54 Å². The zero-order valence-corrected chi connectivity index (χ0v) is 11.5. The summed E-state index contributed by atoms with van der Waals surface area (Å²) >= 11 is 0. The maximum Gasteiger partial charge on any atom is 0.135 e. The predicted molar refractivity (Wildman–Crippen MR) is 72.0 cm³/mol. The van der Waals surface area contributed by atoms with E-state index in [0.29, 0.717) is 0 Å². The molecule has 2 rings (SSSR count). The van der Waals surface area contributed by atoms with Gasteiger partial charge in [-0.2, -0.15) is 5.10 Å². The Hall–Kier alpha value is -1.91. The van der Waals surface area contributed by atoms with Crippen molar-refractivity contribution in [2.24, 2.45) is 0 Å². The first-order valence-corrected chi connectivity index (χ1v) is 6.00. The molecule has 0 saturated heterocycles. The fourth-order valence-corrected chi connectivity index (χ4v) is 1.76. The predicted octanol–water partition coefficient (Wildman–Crippen LogP) is 2.79.